The molecule has 2 nitrogen and oxygen atoms in total. The number of rotatable bonds is 1. The van der Waals surface area contributed by atoms with E-state index in [1.54, 1.807) is 6.07 Å². The van der Waals surface area contributed by atoms with E-state index in [4.69, 9.17) is 11.6 Å². The molecular formula is C10H12ClFN2. The van der Waals surface area contributed by atoms with Crippen LogP contribution in [0.4, 0.5) is 4.39 Å². The van der Waals surface area contributed by atoms with Crippen molar-refractivity contribution in [3.05, 3.63) is 34.6 Å². The van der Waals surface area contributed by atoms with Crippen molar-refractivity contribution in [2.45, 2.75) is 6.04 Å². The Labute approximate surface area is 87.5 Å². The van der Waals surface area contributed by atoms with E-state index in [0.717, 1.165) is 25.2 Å². The third-order valence-electron chi connectivity index (χ3n) is 2.37. The van der Waals surface area contributed by atoms with Crippen LogP contribution < -0.4 is 10.6 Å². The van der Waals surface area contributed by atoms with Crippen molar-refractivity contribution in [2.24, 2.45) is 0 Å². The second-order valence-electron chi connectivity index (χ2n) is 3.38. The molecule has 0 radical (unpaired) electrons. The van der Waals surface area contributed by atoms with Gasteiger partial charge >= 0.3 is 0 Å². The Morgan fingerprint density at radius 1 is 1.36 bits per heavy atom. The van der Waals surface area contributed by atoms with Gasteiger partial charge in [-0.1, -0.05) is 11.6 Å². The number of hydrogen-bond donors (Lipinski definition) is 2. The maximum absolute atomic E-state index is 13.0. The van der Waals surface area contributed by atoms with Gasteiger partial charge in [-0.15, -0.1) is 0 Å². The molecule has 0 aliphatic carbocycles. The van der Waals surface area contributed by atoms with Crippen LogP contribution in [0.15, 0.2) is 18.2 Å². The first-order valence-electron chi connectivity index (χ1n) is 4.66. The zero-order valence-electron chi connectivity index (χ0n) is 7.69. The molecule has 14 heavy (non-hydrogen) atoms. The zero-order chi connectivity index (χ0) is 9.97. The van der Waals surface area contributed by atoms with Gasteiger partial charge in [-0.2, -0.15) is 0 Å². The molecule has 1 aromatic carbocycles. The van der Waals surface area contributed by atoms with Gasteiger partial charge in [0.2, 0.25) is 0 Å². The smallest absolute Gasteiger partial charge is 0.123 e. The lowest BCUT2D eigenvalue weighted by molar-refractivity contribution is 0.429. The molecule has 1 atom stereocenters. The topological polar surface area (TPSA) is 24.1 Å². The lowest BCUT2D eigenvalue weighted by Crippen LogP contribution is -2.42. The highest BCUT2D eigenvalue weighted by atomic mass is 35.5. The van der Waals surface area contributed by atoms with Crippen molar-refractivity contribution in [3.63, 3.8) is 0 Å². The Morgan fingerprint density at radius 3 is 2.93 bits per heavy atom. The highest BCUT2D eigenvalue weighted by Gasteiger charge is 2.17. The molecular weight excluding hydrogens is 203 g/mol. The summed E-state index contributed by atoms with van der Waals surface area (Å²) in [5.41, 5.74) is 0.832. The number of piperazine rings is 1. The number of benzene rings is 1. The molecule has 0 aromatic heterocycles. The van der Waals surface area contributed by atoms with E-state index >= 15 is 0 Å². The van der Waals surface area contributed by atoms with Gasteiger partial charge in [0.15, 0.2) is 0 Å². The van der Waals surface area contributed by atoms with Gasteiger partial charge in [0.1, 0.15) is 5.82 Å². The largest absolute Gasteiger partial charge is 0.314 e. The minimum Gasteiger partial charge on any atom is -0.314 e. The van der Waals surface area contributed by atoms with E-state index in [1.165, 1.54) is 12.1 Å². The molecule has 0 spiro atoms. The van der Waals surface area contributed by atoms with Crippen molar-refractivity contribution >= 4 is 11.6 Å². The molecule has 0 bridgehead atoms. The summed E-state index contributed by atoms with van der Waals surface area (Å²) in [5.74, 6) is -0.239. The molecule has 1 saturated heterocycles. The highest BCUT2D eigenvalue weighted by Crippen LogP contribution is 2.24. The van der Waals surface area contributed by atoms with Crippen LogP contribution in [0.3, 0.4) is 0 Å². The second-order valence-corrected chi connectivity index (χ2v) is 3.78. The lowest BCUT2D eigenvalue weighted by Gasteiger charge is -2.25. The predicted molar refractivity (Wildman–Crippen MR) is 55.0 cm³/mol. The Hall–Kier alpha value is -0.640. The summed E-state index contributed by atoms with van der Waals surface area (Å²) >= 11 is 6.00. The van der Waals surface area contributed by atoms with E-state index in [9.17, 15) is 4.39 Å². The van der Waals surface area contributed by atoms with Gasteiger partial charge in [-0.25, -0.2) is 4.39 Å². The van der Waals surface area contributed by atoms with Gasteiger partial charge in [-0.05, 0) is 23.8 Å². The monoisotopic (exact) mass is 214 g/mol. The quantitative estimate of drug-likeness (QED) is 0.744. The normalized spacial score (nSPS) is 22.3. The second kappa shape index (κ2) is 4.26. The average Bonchev–Trinajstić information content (AvgIpc) is 2.23. The summed E-state index contributed by atoms with van der Waals surface area (Å²) in [6, 6.07) is 4.59. The van der Waals surface area contributed by atoms with Crippen LogP contribution in [-0.4, -0.2) is 19.6 Å². The van der Waals surface area contributed by atoms with Gasteiger partial charge in [0, 0.05) is 30.7 Å². The standard InChI is InChI=1S/C10H12ClFN2/c11-9-2-1-7(12)5-8(9)10-6-13-3-4-14-10/h1-2,5,10,13-14H,3-4,6H2/t10-/m0/s1. The molecule has 1 aliphatic rings. The zero-order valence-corrected chi connectivity index (χ0v) is 8.44. The summed E-state index contributed by atoms with van der Waals surface area (Å²) in [7, 11) is 0. The Balaban J connectivity index is 2.24. The van der Waals surface area contributed by atoms with E-state index in [0.29, 0.717) is 5.02 Å². The number of hydrogen-bond acceptors (Lipinski definition) is 2. The third kappa shape index (κ3) is 2.05. The summed E-state index contributed by atoms with van der Waals surface area (Å²) in [5, 5.41) is 7.14. The first-order valence-corrected chi connectivity index (χ1v) is 5.04. The van der Waals surface area contributed by atoms with Gasteiger partial charge in [0.05, 0.1) is 0 Å². The van der Waals surface area contributed by atoms with Crippen LogP contribution in [0.5, 0.6) is 0 Å². The minimum atomic E-state index is -0.239. The van der Waals surface area contributed by atoms with Crippen LogP contribution in [0.1, 0.15) is 11.6 Å². The van der Waals surface area contributed by atoms with Gasteiger partial charge in [0.25, 0.3) is 0 Å². The maximum Gasteiger partial charge on any atom is 0.123 e. The summed E-state index contributed by atoms with van der Waals surface area (Å²) < 4.78 is 13.0. The SMILES string of the molecule is Fc1ccc(Cl)c([C@@H]2CNCCN2)c1. The predicted octanol–water partition coefficient (Wildman–Crippen LogP) is 1.71. The van der Waals surface area contributed by atoms with Crippen LogP contribution in [0.2, 0.25) is 5.02 Å². The Kier molecular flexibility index (Phi) is 3.01. The molecule has 0 saturated carbocycles. The fraction of sp³-hybridized carbons (Fsp3) is 0.400. The van der Waals surface area contributed by atoms with E-state index in [-0.39, 0.29) is 11.9 Å². The van der Waals surface area contributed by atoms with E-state index in [1.807, 2.05) is 0 Å². The van der Waals surface area contributed by atoms with Crippen LogP contribution >= 0.6 is 11.6 Å². The van der Waals surface area contributed by atoms with Crippen LogP contribution in [0, 0.1) is 5.82 Å². The van der Waals surface area contributed by atoms with Crippen molar-refractivity contribution in [3.8, 4) is 0 Å². The molecule has 1 heterocycles. The van der Waals surface area contributed by atoms with Crippen LogP contribution in [0.25, 0.3) is 0 Å². The molecule has 76 valence electrons. The first-order chi connectivity index (χ1) is 6.77. The minimum absolute atomic E-state index is 0.118. The van der Waals surface area contributed by atoms with Crippen molar-refractivity contribution < 1.29 is 4.39 Å². The highest BCUT2D eigenvalue weighted by molar-refractivity contribution is 6.31. The molecule has 4 heteroatoms. The molecule has 0 unspecified atom stereocenters. The molecule has 2 rings (SSSR count). The fourth-order valence-electron chi connectivity index (χ4n) is 1.65. The van der Waals surface area contributed by atoms with E-state index < -0.39 is 0 Å². The fourth-order valence-corrected chi connectivity index (χ4v) is 1.90. The molecule has 1 aromatic rings. The number of nitrogens with one attached hydrogen (secondary N) is 2. The maximum atomic E-state index is 13.0. The number of halogens is 2. The van der Waals surface area contributed by atoms with Gasteiger partial charge < -0.3 is 10.6 Å². The first kappa shape index (κ1) is 9.90. The summed E-state index contributed by atoms with van der Waals surface area (Å²) in [6.45, 7) is 2.63. The summed E-state index contributed by atoms with van der Waals surface area (Å²) in [4.78, 5) is 0. The van der Waals surface area contributed by atoms with Crippen molar-refractivity contribution in [1.82, 2.24) is 10.6 Å². The molecule has 1 fully saturated rings. The van der Waals surface area contributed by atoms with Crippen LogP contribution in [-0.2, 0) is 0 Å². The lowest BCUT2D eigenvalue weighted by atomic mass is 10.1. The Morgan fingerprint density at radius 2 is 2.21 bits per heavy atom. The molecule has 2 N–H and O–H groups in total. The Bertz CT molecular complexity index is 324. The van der Waals surface area contributed by atoms with Crippen molar-refractivity contribution in [1.29, 1.82) is 0 Å². The van der Waals surface area contributed by atoms with Crippen molar-refractivity contribution in [2.75, 3.05) is 19.6 Å². The average molecular weight is 215 g/mol. The third-order valence-corrected chi connectivity index (χ3v) is 2.72. The molecule has 0 amide bonds. The van der Waals surface area contributed by atoms with Gasteiger partial charge in [-0.3, -0.25) is 0 Å². The summed E-state index contributed by atoms with van der Waals surface area (Å²) in [6.07, 6.45) is 0. The van der Waals surface area contributed by atoms with E-state index in [2.05, 4.69) is 10.6 Å². The molecule has 1 aliphatic heterocycles.